The van der Waals surface area contributed by atoms with Gasteiger partial charge in [0.25, 0.3) is 5.91 Å². The summed E-state index contributed by atoms with van der Waals surface area (Å²) < 4.78 is 0. The molecule has 0 fully saturated rings. The number of hydrogen-bond acceptors (Lipinski definition) is 4. The lowest BCUT2D eigenvalue weighted by atomic mass is 10.0. The summed E-state index contributed by atoms with van der Waals surface area (Å²) in [4.78, 5) is 28.7. The Bertz CT molecular complexity index is 966. The van der Waals surface area contributed by atoms with Crippen molar-refractivity contribution in [3.05, 3.63) is 65.0 Å². The Balaban J connectivity index is 1.51. The van der Waals surface area contributed by atoms with Crippen LogP contribution in [0.15, 0.2) is 53.9 Å². The van der Waals surface area contributed by atoms with Gasteiger partial charge in [0.2, 0.25) is 5.91 Å². The lowest BCUT2D eigenvalue weighted by Gasteiger charge is -2.09. The van der Waals surface area contributed by atoms with E-state index in [1.54, 1.807) is 12.1 Å². The first-order valence-electron chi connectivity index (χ1n) is 8.44. The summed E-state index contributed by atoms with van der Waals surface area (Å²) in [7, 11) is 0. The molecule has 130 valence electrons. The van der Waals surface area contributed by atoms with E-state index in [1.165, 1.54) is 11.3 Å². The standard InChI is InChI=1S/C20H17N3O2S/c24-18-8-4-7-14-11-15(9-10-16(14)21-18)19(25)23-20-22-17(12-26-20)13-5-2-1-3-6-13/h1-3,5-6,9-12H,4,7-8H2,(H,21,24)(H,22,23,25). The van der Waals surface area contributed by atoms with Crippen molar-refractivity contribution in [1.29, 1.82) is 0 Å². The minimum absolute atomic E-state index is 0.0252. The zero-order valence-electron chi connectivity index (χ0n) is 14.0. The highest BCUT2D eigenvalue weighted by molar-refractivity contribution is 7.14. The number of rotatable bonds is 3. The van der Waals surface area contributed by atoms with Gasteiger partial charge in [-0.25, -0.2) is 4.98 Å². The molecule has 4 rings (SSSR count). The topological polar surface area (TPSA) is 71.1 Å². The molecule has 5 nitrogen and oxygen atoms in total. The Morgan fingerprint density at radius 2 is 1.96 bits per heavy atom. The lowest BCUT2D eigenvalue weighted by molar-refractivity contribution is -0.116. The second-order valence-corrected chi connectivity index (χ2v) is 6.99. The van der Waals surface area contributed by atoms with Crippen LogP contribution in [0.3, 0.4) is 0 Å². The number of nitrogens with zero attached hydrogens (tertiary/aromatic N) is 1. The van der Waals surface area contributed by atoms with E-state index in [4.69, 9.17) is 0 Å². The van der Waals surface area contributed by atoms with Crippen molar-refractivity contribution in [1.82, 2.24) is 4.98 Å². The summed E-state index contributed by atoms with van der Waals surface area (Å²) in [5, 5.41) is 8.23. The molecule has 2 amide bonds. The van der Waals surface area contributed by atoms with E-state index < -0.39 is 0 Å². The van der Waals surface area contributed by atoms with Crippen LogP contribution in [0.2, 0.25) is 0 Å². The second kappa shape index (κ2) is 7.09. The van der Waals surface area contributed by atoms with E-state index in [-0.39, 0.29) is 11.8 Å². The molecule has 2 aromatic carbocycles. The Hall–Kier alpha value is -2.99. The molecule has 1 aliphatic rings. The number of hydrogen-bond donors (Lipinski definition) is 2. The molecule has 1 aromatic heterocycles. The average molecular weight is 363 g/mol. The zero-order chi connectivity index (χ0) is 17.9. The third-order valence-electron chi connectivity index (χ3n) is 4.29. The molecule has 0 aliphatic carbocycles. The quantitative estimate of drug-likeness (QED) is 0.727. The number of carbonyl (C=O) groups is 2. The minimum atomic E-state index is -0.197. The Labute approximate surface area is 155 Å². The van der Waals surface area contributed by atoms with Crippen molar-refractivity contribution in [2.75, 3.05) is 10.6 Å². The normalized spacial score (nSPS) is 13.5. The summed E-state index contributed by atoms with van der Waals surface area (Å²) in [5.74, 6) is -0.172. The van der Waals surface area contributed by atoms with Crippen molar-refractivity contribution >= 4 is 34.0 Å². The highest BCUT2D eigenvalue weighted by Gasteiger charge is 2.16. The number of aromatic nitrogens is 1. The number of benzene rings is 2. The van der Waals surface area contributed by atoms with Crippen molar-refractivity contribution in [3.63, 3.8) is 0 Å². The molecule has 26 heavy (non-hydrogen) atoms. The van der Waals surface area contributed by atoms with Crippen LogP contribution in [0.1, 0.15) is 28.8 Å². The van der Waals surface area contributed by atoms with E-state index in [9.17, 15) is 9.59 Å². The molecule has 1 aliphatic heterocycles. The summed E-state index contributed by atoms with van der Waals surface area (Å²) >= 11 is 1.40. The van der Waals surface area contributed by atoms with Gasteiger partial charge in [-0.05, 0) is 36.6 Å². The predicted octanol–water partition coefficient (Wildman–Crippen LogP) is 4.34. The first-order chi connectivity index (χ1) is 12.7. The van der Waals surface area contributed by atoms with Gasteiger partial charge in [0.15, 0.2) is 5.13 Å². The molecule has 0 atom stereocenters. The number of amides is 2. The maximum absolute atomic E-state index is 12.6. The van der Waals surface area contributed by atoms with Crippen molar-refractivity contribution in [3.8, 4) is 11.3 Å². The first kappa shape index (κ1) is 16.5. The fraction of sp³-hybridized carbons (Fsp3) is 0.150. The molecule has 2 N–H and O–H groups in total. The van der Waals surface area contributed by atoms with Gasteiger partial charge < -0.3 is 5.32 Å². The van der Waals surface area contributed by atoms with E-state index in [0.29, 0.717) is 17.1 Å². The molecule has 3 aromatic rings. The van der Waals surface area contributed by atoms with Gasteiger partial charge in [0.05, 0.1) is 5.69 Å². The van der Waals surface area contributed by atoms with Gasteiger partial charge in [0, 0.05) is 28.6 Å². The lowest BCUT2D eigenvalue weighted by Crippen LogP contribution is -2.13. The first-order valence-corrected chi connectivity index (χ1v) is 9.32. The molecule has 0 saturated heterocycles. The number of carbonyl (C=O) groups excluding carboxylic acids is 2. The summed E-state index contributed by atoms with van der Waals surface area (Å²) in [5.41, 5.74) is 4.22. The van der Waals surface area contributed by atoms with Gasteiger partial charge >= 0.3 is 0 Å². The van der Waals surface area contributed by atoms with Gasteiger partial charge in [-0.1, -0.05) is 30.3 Å². The monoisotopic (exact) mass is 363 g/mol. The fourth-order valence-electron chi connectivity index (χ4n) is 2.96. The Morgan fingerprint density at radius 1 is 1.12 bits per heavy atom. The number of fused-ring (bicyclic) bond motifs is 1. The number of aryl methyl sites for hydroxylation is 1. The van der Waals surface area contributed by atoms with Gasteiger partial charge in [-0.15, -0.1) is 11.3 Å². The van der Waals surface area contributed by atoms with Crippen LogP contribution < -0.4 is 10.6 Å². The fourth-order valence-corrected chi connectivity index (χ4v) is 3.67. The summed E-state index contributed by atoms with van der Waals surface area (Å²) in [6, 6.07) is 15.2. The predicted molar refractivity (Wildman–Crippen MR) is 104 cm³/mol. The van der Waals surface area contributed by atoms with Crippen LogP contribution in [-0.2, 0) is 11.2 Å². The molecule has 0 unspecified atom stereocenters. The van der Waals surface area contributed by atoms with Crippen LogP contribution in [0.25, 0.3) is 11.3 Å². The highest BCUT2D eigenvalue weighted by atomic mass is 32.1. The summed E-state index contributed by atoms with van der Waals surface area (Å²) in [6.45, 7) is 0. The molecule has 2 heterocycles. The third-order valence-corrected chi connectivity index (χ3v) is 5.04. The number of anilines is 2. The van der Waals surface area contributed by atoms with Gasteiger partial charge in [-0.2, -0.15) is 0 Å². The second-order valence-electron chi connectivity index (χ2n) is 6.13. The average Bonchev–Trinajstić information content (AvgIpc) is 3.03. The van der Waals surface area contributed by atoms with Crippen LogP contribution in [0, 0.1) is 0 Å². The third kappa shape index (κ3) is 3.50. The van der Waals surface area contributed by atoms with Gasteiger partial charge in [0.1, 0.15) is 0 Å². The van der Waals surface area contributed by atoms with E-state index in [0.717, 1.165) is 35.3 Å². The molecule has 0 saturated carbocycles. The van der Waals surface area contributed by atoms with Crippen molar-refractivity contribution < 1.29 is 9.59 Å². The molecular weight excluding hydrogens is 346 g/mol. The molecule has 0 bridgehead atoms. The van der Waals surface area contributed by atoms with Gasteiger partial charge in [-0.3, -0.25) is 14.9 Å². The smallest absolute Gasteiger partial charge is 0.257 e. The van der Waals surface area contributed by atoms with E-state index >= 15 is 0 Å². The van der Waals surface area contributed by atoms with E-state index in [1.807, 2.05) is 41.8 Å². The Kier molecular flexibility index (Phi) is 4.50. The van der Waals surface area contributed by atoms with Crippen LogP contribution in [-0.4, -0.2) is 16.8 Å². The highest BCUT2D eigenvalue weighted by Crippen LogP contribution is 2.26. The molecule has 6 heteroatoms. The van der Waals surface area contributed by atoms with Crippen molar-refractivity contribution in [2.24, 2.45) is 0 Å². The molecular formula is C20H17N3O2S. The maximum Gasteiger partial charge on any atom is 0.257 e. The van der Waals surface area contributed by atoms with Crippen LogP contribution >= 0.6 is 11.3 Å². The Morgan fingerprint density at radius 3 is 2.81 bits per heavy atom. The largest absolute Gasteiger partial charge is 0.326 e. The van der Waals surface area contributed by atoms with E-state index in [2.05, 4.69) is 15.6 Å². The number of nitrogens with one attached hydrogen (secondary N) is 2. The molecule has 0 spiro atoms. The van der Waals surface area contributed by atoms with Crippen molar-refractivity contribution in [2.45, 2.75) is 19.3 Å². The SMILES string of the molecule is O=C1CCCc2cc(C(=O)Nc3nc(-c4ccccc4)cs3)ccc2N1. The minimum Gasteiger partial charge on any atom is -0.326 e. The maximum atomic E-state index is 12.6. The summed E-state index contributed by atoms with van der Waals surface area (Å²) in [6.07, 6.45) is 2.08. The number of thiazole rings is 1. The van der Waals surface area contributed by atoms with Crippen LogP contribution in [0.4, 0.5) is 10.8 Å². The molecule has 0 radical (unpaired) electrons. The van der Waals surface area contributed by atoms with Crippen LogP contribution in [0.5, 0.6) is 0 Å². The zero-order valence-corrected chi connectivity index (χ0v) is 14.8.